The molecule has 8 heteroatoms. The number of piperidine rings is 2. The van der Waals surface area contributed by atoms with Gasteiger partial charge in [0.05, 0.1) is 0 Å². The van der Waals surface area contributed by atoms with Gasteiger partial charge in [-0.25, -0.2) is 12.8 Å². The summed E-state index contributed by atoms with van der Waals surface area (Å²) in [5.41, 5.74) is 0.412. The lowest BCUT2D eigenvalue weighted by Gasteiger charge is -2.41. The second kappa shape index (κ2) is 7.67. The summed E-state index contributed by atoms with van der Waals surface area (Å²) in [6.07, 6.45) is 2.89. The van der Waals surface area contributed by atoms with Crippen molar-refractivity contribution >= 4 is 21.5 Å². The van der Waals surface area contributed by atoms with Crippen molar-refractivity contribution in [2.75, 3.05) is 32.4 Å². The highest BCUT2D eigenvalue weighted by Gasteiger charge is 2.51. The minimum atomic E-state index is -3.59. The number of halogens is 1. The Morgan fingerprint density at radius 3 is 2.41 bits per heavy atom. The lowest BCUT2D eigenvalue weighted by Crippen LogP contribution is -2.59. The summed E-state index contributed by atoms with van der Waals surface area (Å²) in [7, 11) is -3.59. The predicted octanol–water partition coefficient (Wildman–Crippen LogP) is 1.41. The van der Waals surface area contributed by atoms with Gasteiger partial charge < -0.3 is 10.2 Å². The van der Waals surface area contributed by atoms with E-state index in [9.17, 15) is 22.4 Å². The summed E-state index contributed by atoms with van der Waals surface area (Å²) < 4.78 is 36.7. The summed E-state index contributed by atoms with van der Waals surface area (Å²) in [4.78, 5) is 27.5. The Bertz CT molecular complexity index is 817. The van der Waals surface area contributed by atoms with Crippen molar-refractivity contribution in [3.8, 4) is 0 Å². The van der Waals surface area contributed by atoms with Gasteiger partial charge in [0.2, 0.25) is 5.91 Å². The largest absolute Gasteiger partial charge is 0.341 e. The number of likely N-dealkylation sites (tertiary alicyclic amines) is 1. The maximum atomic E-state index is 13.2. The van der Waals surface area contributed by atoms with Crippen molar-refractivity contribution < 1.29 is 22.4 Å². The molecule has 1 aromatic carbocycles. The molecule has 1 unspecified atom stereocenters. The van der Waals surface area contributed by atoms with Gasteiger partial charge in [-0.3, -0.25) is 9.59 Å². The van der Waals surface area contributed by atoms with Crippen LogP contribution in [0.3, 0.4) is 0 Å². The smallest absolute Gasteiger partial charge is 0.244 e. The number of nitrogens with one attached hydrogen (secondary N) is 1. The second-order valence-electron chi connectivity index (χ2n) is 7.48. The van der Waals surface area contributed by atoms with Gasteiger partial charge in [0.15, 0.2) is 20.4 Å². The number of Topliss-reactive ketones (excluding diaryl/α,β-unsaturated/α-hetero) is 1. The number of ketones is 1. The van der Waals surface area contributed by atoms with E-state index in [2.05, 4.69) is 5.32 Å². The minimum Gasteiger partial charge on any atom is -0.341 e. The van der Waals surface area contributed by atoms with Gasteiger partial charge in [0.25, 0.3) is 0 Å². The van der Waals surface area contributed by atoms with Crippen molar-refractivity contribution in [2.45, 2.75) is 30.4 Å². The van der Waals surface area contributed by atoms with E-state index in [1.807, 2.05) is 0 Å². The Kier molecular flexibility index (Phi) is 5.67. The summed E-state index contributed by atoms with van der Waals surface area (Å²) in [5.74, 6) is -1.33. The van der Waals surface area contributed by atoms with E-state index in [1.165, 1.54) is 24.3 Å². The summed E-state index contributed by atoms with van der Waals surface area (Å²) >= 11 is 0. The molecular formula is C19H25FN2O4S. The highest BCUT2D eigenvalue weighted by molar-refractivity contribution is 7.92. The maximum Gasteiger partial charge on any atom is 0.244 e. The molecule has 2 aliphatic rings. The number of sulfone groups is 1. The molecule has 0 aromatic heterocycles. The molecule has 6 nitrogen and oxygen atoms in total. The molecule has 1 atom stereocenters. The molecule has 0 saturated carbocycles. The van der Waals surface area contributed by atoms with Crippen LogP contribution in [0.4, 0.5) is 4.39 Å². The number of rotatable bonds is 4. The van der Waals surface area contributed by atoms with Gasteiger partial charge in [0.1, 0.15) is 5.82 Å². The van der Waals surface area contributed by atoms with E-state index in [0.717, 1.165) is 6.26 Å². The fourth-order valence-corrected chi connectivity index (χ4v) is 5.48. The molecule has 0 bridgehead atoms. The number of carbonyl (C=O) groups is 2. The zero-order valence-electron chi connectivity index (χ0n) is 15.4. The third-order valence-electron chi connectivity index (χ3n) is 5.72. The average molecular weight is 396 g/mol. The van der Waals surface area contributed by atoms with Crippen LogP contribution in [-0.2, 0) is 14.6 Å². The monoisotopic (exact) mass is 396 g/mol. The van der Waals surface area contributed by atoms with Gasteiger partial charge in [-0.2, -0.15) is 0 Å². The van der Waals surface area contributed by atoms with Gasteiger partial charge >= 0.3 is 0 Å². The van der Waals surface area contributed by atoms with Crippen LogP contribution in [0.2, 0.25) is 0 Å². The van der Waals surface area contributed by atoms with Crippen molar-refractivity contribution in [1.82, 2.24) is 10.2 Å². The zero-order valence-corrected chi connectivity index (χ0v) is 16.2. The topological polar surface area (TPSA) is 83.6 Å². The normalized spacial score (nSPS) is 23.0. The van der Waals surface area contributed by atoms with Crippen LogP contribution in [0.15, 0.2) is 24.3 Å². The van der Waals surface area contributed by atoms with Crippen LogP contribution < -0.4 is 5.32 Å². The molecule has 0 aliphatic carbocycles. The van der Waals surface area contributed by atoms with Crippen LogP contribution in [-0.4, -0.2) is 62.2 Å². The third-order valence-corrected chi connectivity index (χ3v) is 7.72. The molecule has 2 aliphatic heterocycles. The Balaban J connectivity index is 1.79. The molecule has 27 heavy (non-hydrogen) atoms. The highest BCUT2D eigenvalue weighted by atomic mass is 32.2. The molecule has 1 aromatic rings. The van der Waals surface area contributed by atoms with E-state index in [4.69, 9.17) is 0 Å². The fourth-order valence-electron chi connectivity index (χ4n) is 4.09. The maximum absolute atomic E-state index is 13.2. The number of hydrogen-bond donors (Lipinski definition) is 1. The first-order valence-corrected chi connectivity index (χ1v) is 11.1. The van der Waals surface area contributed by atoms with E-state index < -0.39 is 26.3 Å². The Morgan fingerprint density at radius 1 is 1.19 bits per heavy atom. The molecule has 1 N–H and O–H groups in total. The van der Waals surface area contributed by atoms with Crippen LogP contribution >= 0.6 is 0 Å². The van der Waals surface area contributed by atoms with Gasteiger partial charge in [-0.05, 0) is 63.0 Å². The minimum absolute atomic E-state index is 0.133. The van der Waals surface area contributed by atoms with E-state index in [1.54, 1.807) is 4.90 Å². The van der Waals surface area contributed by atoms with Crippen LogP contribution in [0.1, 0.15) is 36.0 Å². The van der Waals surface area contributed by atoms with Gasteiger partial charge in [0, 0.05) is 30.8 Å². The number of amides is 1. The number of nitrogens with zero attached hydrogens (tertiary/aromatic N) is 1. The van der Waals surface area contributed by atoms with Gasteiger partial charge in [-0.1, -0.05) is 0 Å². The zero-order chi connectivity index (χ0) is 19.7. The summed E-state index contributed by atoms with van der Waals surface area (Å²) in [6, 6.07) is 5.38. The number of benzene rings is 1. The first kappa shape index (κ1) is 19.9. The molecule has 2 saturated heterocycles. The quantitative estimate of drug-likeness (QED) is 0.778. The molecule has 2 fully saturated rings. The summed E-state index contributed by atoms with van der Waals surface area (Å²) in [6.45, 7) is 1.62. The first-order chi connectivity index (χ1) is 12.7. The van der Waals surface area contributed by atoms with Crippen molar-refractivity contribution in [1.29, 1.82) is 0 Å². The lowest BCUT2D eigenvalue weighted by molar-refractivity contribution is -0.136. The van der Waals surface area contributed by atoms with Crippen LogP contribution in [0.5, 0.6) is 0 Å². The van der Waals surface area contributed by atoms with Crippen molar-refractivity contribution in [3.05, 3.63) is 35.6 Å². The molecule has 0 spiro atoms. The molecule has 0 radical (unpaired) electrons. The van der Waals surface area contributed by atoms with Gasteiger partial charge in [-0.15, -0.1) is 0 Å². The molecule has 2 heterocycles. The second-order valence-corrected chi connectivity index (χ2v) is 9.80. The highest BCUT2D eigenvalue weighted by Crippen LogP contribution is 2.32. The Labute approximate surface area is 159 Å². The van der Waals surface area contributed by atoms with E-state index in [-0.39, 0.29) is 31.1 Å². The molecule has 1 amide bonds. The third kappa shape index (κ3) is 3.91. The van der Waals surface area contributed by atoms with E-state index >= 15 is 0 Å². The van der Waals surface area contributed by atoms with Crippen LogP contribution in [0.25, 0.3) is 0 Å². The molecule has 148 valence electrons. The van der Waals surface area contributed by atoms with Crippen molar-refractivity contribution in [3.63, 3.8) is 0 Å². The Morgan fingerprint density at radius 2 is 1.81 bits per heavy atom. The lowest BCUT2D eigenvalue weighted by atomic mass is 9.88. The van der Waals surface area contributed by atoms with Crippen LogP contribution in [0, 0.1) is 11.7 Å². The SMILES string of the molecule is CS(=O)(=O)C1(C(=O)N2CCCC(C(=O)c3ccc(F)cc3)C2)CCNCC1. The number of carbonyl (C=O) groups excluding carboxylic acids is 2. The fraction of sp³-hybridized carbons (Fsp3) is 0.579. The standard InChI is InChI=1S/C19H25FN2O4S/c1-27(25,26)19(8-10-21-11-9-19)18(24)22-12-2-3-15(13-22)17(23)14-4-6-16(20)7-5-14/h4-7,15,21H,2-3,8-13H2,1H3. The summed E-state index contributed by atoms with van der Waals surface area (Å²) in [5, 5.41) is 3.10. The molecule has 3 rings (SSSR count). The molecular weight excluding hydrogens is 371 g/mol. The first-order valence-electron chi connectivity index (χ1n) is 9.24. The van der Waals surface area contributed by atoms with Crippen molar-refractivity contribution in [2.24, 2.45) is 5.92 Å². The average Bonchev–Trinajstić information content (AvgIpc) is 2.67. The predicted molar refractivity (Wildman–Crippen MR) is 99.7 cm³/mol. The van der Waals surface area contributed by atoms with E-state index in [0.29, 0.717) is 38.0 Å². The Hall–Kier alpha value is -1.80. The number of hydrogen-bond acceptors (Lipinski definition) is 5.